The molecule has 1 aliphatic carbocycles. The number of amidine groups is 1. The van der Waals surface area contributed by atoms with Crippen LogP contribution in [0.2, 0.25) is 0 Å². The van der Waals surface area contributed by atoms with Gasteiger partial charge in [0.15, 0.2) is 0 Å². The van der Waals surface area contributed by atoms with Gasteiger partial charge in [-0.3, -0.25) is 5.41 Å². The fourth-order valence-electron chi connectivity index (χ4n) is 2.46. The highest BCUT2D eigenvalue weighted by molar-refractivity contribution is 5.97. The minimum Gasteiger partial charge on any atom is -0.490 e. The lowest BCUT2D eigenvalue weighted by Gasteiger charge is -2.28. The van der Waals surface area contributed by atoms with E-state index in [1.54, 1.807) is 0 Å². The third kappa shape index (κ3) is 2.99. The Hall–Kier alpha value is -1.51. The van der Waals surface area contributed by atoms with E-state index in [1.165, 1.54) is 12.8 Å². The molecule has 0 heterocycles. The van der Waals surface area contributed by atoms with Crippen LogP contribution in [0.3, 0.4) is 0 Å². The summed E-state index contributed by atoms with van der Waals surface area (Å²) in [5.74, 6) is 1.56. The van der Waals surface area contributed by atoms with Crippen molar-refractivity contribution in [3.63, 3.8) is 0 Å². The third-order valence-corrected chi connectivity index (χ3v) is 3.36. The topological polar surface area (TPSA) is 59.1 Å². The Kier molecular flexibility index (Phi) is 3.67. The Morgan fingerprint density at radius 2 is 2.12 bits per heavy atom. The second-order valence-electron chi connectivity index (χ2n) is 4.92. The number of benzene rings is 1. The first kappa shape index (κ1) is 12.0. The zero-order valence-electron chi connectivity index (χ0n) is 10.3. The van der Waals surface area contributed by atoms with Crippen molar-refractivity contribution in [2.24, 2.45) is 11.7 Å². The molecule has 0 saturated heterocycles. The number of para-hydroxylation sites is 1. The number of hydrogen-bond donors (Lipinski definition) is 2. The molecule has 1 aromatic rings. The van der Waals surface area contributed by atoms with Gasteiger partial charge in [0.2, 0.25) is 0 Å². The monoisotopic (exact) mass is 232 g/mol. The maximum absolute atomic E-state index is 7.53. The predicted molar refractivity (Wildman–Crippen MR) is 69.5 cm³/mol. The summed E-state index contributed by atoms with van der Waals surface area (Å²) in [5.41, 5.74) is 6.25. The van der Waals surface area contributed by atoms with E-state index in [2.05, 4.69) is 6.92 Å². The molecule has 1 fully saturated rings. The molecule has 0 aliphatic heterocycles. The van der Waals surface area contributed by atoms with Gasteiger partial charge >= 0.3 is 0 Å². The molecule has 2 unspecified atom stereocenters. The lowest BCUT2D eigenvalue weighted by Crippen LogP contribution is -2.25. The smallest absolute Gasteiger partial charge is 0.130 e. The van der Waals surface area contributed by atoms with Crippen molar-refractivity contribution in [2.45, 2.75) is 38.7 Å². The fourth-order valence-corrected chi connectivity index (χ4v) is 2.46. The van der Waals surface area contributed by atoms with Crippen molar-refractivity contribution < 1.29 is 4.74 Å². The summed E-state index contributed by atoms with van der Waals surface area (Å²) in [4.78, 5) is 0. The molecule has 17 heavy (non-hydrogen) atoms. The Labute approximate surface area is 102 Å². The van der Waals surface area contributed by atoms with Crippen LogP contribution in [0.15, 0.2) is 24.3 Å². The molecular weight excluding hydrogens is 212 g/mol. The van der Waals surface area contributed by atoms with Crippen LogP contribution in [0.4, 0.5) is 0 Å². The molecule has 0 bridgehead atoms. The summed E-state index contributed by atoms with van der Waals surface area (Å²) < 4.78 is 6.00. The SMILES string of the molecule is CC1CCCC(Oc2ccccc2C(=N)N)C1. The molecule has 1 saturated carbocycles. The molecule has 0 aromatic heterocycles. The van der Waals surface area contributed by atoms with Crippen LogP contribution in [-0.2, 0) is 0 Å². The Morgan fingerprint density at radius 3 is 2.82 bits per heavy atom. The first-order valence-corrected chi connectivity index (χ1v) is 6.27. The van der Waals surface area contributed by atoms with Crippen LogP contribution in [0, 0.1) is 11.3 Å². The van der Waals surface area contributed by atoms with Gasteiger partial charge in [0.05, 0.1) is 11.7 Å². The van der Waals surface area contributed by atoms with Crippen LogP contribution in [-0.4, -0.2) is 11.9 Å². The molecule has 2 atom stereocenters. The van der Waals surface area contributed by atoms with Gasteiger partial charge in [-0.2, -0.15) is 0 Å². The average Bonchev–Trinajstić information content (AvgIpc) is 2.29. The third-order valence-electron chi connectivity index (χ3n) is 3.36. The normalized spacial score (nSPS) is 24.3. The zero-order chi connectivity index (χ0) is 12.3. The van der Waals surface area contributed by atoms with E-state index in [9.17, 15) is 0 Å². The van der Waals surface area contributed by atoms with E-state index in [1.807, 2.05) is 24.3 Å². The van der Waals surface area contributed by atoms with Crippen LogP contribution < -0.4 is 10.5 Å². The molecule has 92 valence electrons. The fraction of sp³-hybridized carbons (Fsp3) is 0.500. The predicted octanol–water partition coefficient (Wildman–Crippen LogP) is 2.93. The number of hydrogen-bond acceptors (Lipinski definition) is 2. The van der Waals surface area contributed by atoms with Crippen molar-refractivity contribution in [1.29, 1.82) is 5.41 Å². The molecule has 3 N–H and O–H groups in total. The lowest BCUT2D eigenvalue weighted by atomic mass is 9.88. The first-order chi connectivity index (χ1) is 8.16. The number of nitrogens with one attached hydrogen (secondary N) is 1. The van der Waals surface area contributed by atoms with Gasteiger partial charge in [0.1, 0.15) is 11.6 Å². The average molecular weight is 232 g/mol. The van der Waals surface area contributed by atoms with E-state index in [0.29, 0.717) is 5.56 Å². The molecular formula is C14H20N2O. The van der Waals surface area contributed by atoms with Gasteiger partial charge < -0.3 is 10.5 Å². The van der Waals surface area contributed by atoms with E-state index in [-0.39, 0.29) is 11.9 Å². The highest BCUT2D eigenvalue weighted by atomic mass is 16.5. The molecule has 0 spiro atoms. The van der Waals surface area contributed by atoms with Crippen LogP contribution >= 0.6 is 0 Å². The van der Waals surface area contributed by atoms with Crippen molar-refractivity contribution in [1.82, 2.24) is 0 Å². The summed E-state index contributed by atoms with van der Waals surface area (Å²) in [6, 6.07) is 7.54. The quantitative estimate of drug-likeness (QED) is 0.622. The van der Waals surface area contributed by atoms with E-state index in [4.69, 9.17) is 15.9 Å². The molecule has 2 rings (SSSR count). The summed E-state index contributed by atoms with van der Waals surface area (Å²) in [6.45, 7) is 2.27. The molecule has 0 radical (unpaired) electrons. The number of nitrogen functional groups attached to an aromatic ring is 1. The minimum atomic E-state index is 0.0736. The van der Waals surface area contributed by atoms with Crippen molar-refractivity contribution in [3.8, 4) is 5.75 Å². The second kappa shape index (κ2) is 5.21. The lowest BCUT2D eigenvalue weighted by molar-refractivity contribution is 0.129. The number of rotatable bonds is 3. The summed E-state index contributed by atoms with van der Waals surface area (Å²) >= 11 is 0. The molecule has 1 aliphatic rings. The highest BCUT2D eigenvalue weighted by Gasteiger charge is 2.21. The first-order valence-electron chi connectivity index (χ1n) is 6.27. The van der Waals surface area contributed by atoms with E-state index < -0.39 is 0 Å². The van der Waals surface area contributed by atoms with Crippen molar-refractivity contribution in [2.75, 3.05) is 0 Å². The van der Waals surface area contributed by atoms with Crippen molar-refractivity contribution in [3.05, 3.63) is 29.8 Å². The molecule has 3 nitrogen and oxygen atoms in total. The minimum absolute atomic E-state index is 0.0736. The summed E-state index contributed by atoms with van der Waals surface area (Å²) in [6.07, 6.45) is 5.02. The Morgan fingerprint density at radius 1 is 1.35 bits per heavy atom. The van der Waals surface area contributed by atoms with Gasteiger partial charge in [0.25, 0.3) is 0 Å². The maximum atomic E-state index is 7.53. The van der Waals surface area contributed by atoms with Gasteiger partial charge in [-0.05, 0) is 37.3 Å². The molecule has 1 aromatic carbocycles. The van der Waals surface area contributed by atoms with Gasteiger partial charge in [0, 0.05) is 0 Å². The van der Waals surface area contributed by atoms with Crippen LogP contribution in [0.5, 0.6) is 5.75 Å². The van der Waals surface area contributed by atoms with E-state index >= 15 is 0 Å². The van der Waals surface area contributed by atoms with Crippen LogP contribution in [0.25, 0.3) is 0 Å². The number of ether oxygens (including phenoxy) is 1. The maximum Gasteiger partial charge on any atom is 0.130 e. The zero-order valence-corrected chi connectivity index (χ0v) is 10.3. The number of nitrogens with two attached hydrogens (primary N) is 1. The van der Waals surface area contributed by atoms with E-state index in [0.717, 1.165) is 24.5 Å². The summed E-state index contributed by atoms with van der Waals surface area (Å²) in [7, 11) is 0. The van der Waals surface area contributed by atoms with Gasteiger partial charge in [-0.1, -0.05) is 25.5 Å². The Bertz CT molecular complexity index is 403. The van der Waals surface area contributed by atoms with Gasteiger partial charge in [-0.25, -0.2) is 0 Å². The highest BCUT2D eigenvalue weighted by Crippen LogP contribution is 2.28. The molecule has 0 amide bonds. The second-order valence-corrected chi connectivity index (χ2v) is 4.92. The van der Waals surface area contributed by atoms with Crippen LogP contribution in [0.1, 0.15) is 38.2 Å². The standard InChI is InChI=1S/C14H20N2O/c1-10-5-4-6-11(9-10)17-13-8-3-2-7-12(13)14(15)16/h2-3,7-8,10-11H,4-6,9H2,1H3,(H3,15,16). The molecule has 3 heteroatoms. The largest absolute Gasteiger partial charge is 0.490 e. The van der Waals surface area contributed by atoms with Gasteiger partial charge in [-0.15, -0.1) is 0 Å². The summed E-state index contributed by atoms with van der Waals surface area (Å²) in [5, 5.41) is 7.53. The Balaban J connectivity index is 2.10. The van der Waals surface area contributed by atoms with Crippen molar-refractivity contribution >= 4 is 5.84 Å².